The van der Waals surface area contributed by atoms with Gasteiger partial charge in [-0.15, -0.1) is 0 Å². The maximum atomic E-state index is 14.3. The Morgan fingerprint density at radius 1 is 1.29 bits per heavy atom. The van der Waals surface area contributed by atoms with Crippen molar-refractivity contribution in [3.8, 4) is 0 Å². The Morgan fingerprint density at radius 3 is 2.83 bits per heavy atom. The molecule has 3 rings (SSSR count). The summed E-state index contributed by atoms with van der Waals surface area (Å²) < 4.78 is 19.5. The molecule has 1 aliphatic heterocycles. The largest absolute Gasteiger partial charge is 0.378 e. The molecule has 1 aromatic carbocycles. The quantitative estimate of drug-likeness (QED) is 0.903. The number of pyridine rings is 1. The molecule has 1 aromatic heterocycles. The average Bonchev–Trinajstić information content (AvgIpc) is 2.62. The van der Waals surface area contributed by atoms with Gasteiger partial charge in [-0.3, -0.25) is 4.98 Å². The Labute approximate surface area is 139 Å². The van der Waals surface area contributed by atoms with Crippen molar-refractivity contribution in [1.29, 1.82) is 0 Å². The first-order valence-electron chi connectivity index (χ1n) is 7.78. The van der Waals surface area contributed by atoms with E-state index in [-0.39, 0.29) is 5.82 Å². The fourth-order valence-electron chi connectivity index (χ4n) is 2.51. The molecule has 6 nitrogen and oxygen atoms in total. The Balaban J connectivity index is 1.57. The number of benzene rings is 1. The maximum Gasteiger partial charge on any atom is 0.319 e. The zero-order valence-corrected chi connectivity index (χ0v) is 13.2. The summed E-state index contributed by atoms with van der Waals surface area (Å²) in [5, 5.41) is 5.33. The third-order valence-electron chi connectivity index (χ3n) is 3.73. The Kier molecular flexibility index (Phi) is 5.22. The summed E-state index contributed by atoms with van der Waals surface area (Å²) >= 11 is 0. The van der Waals surface area contributed by atoms with Gasteiger partial charge < -0.3 is 20.3 Å². The van der Waals surface area contributed by atoms with E-state index < -0.39 is 6.03 Å². The molecule has 0 saturated carbocycles. The number of hydrogen-bond acceptors (Lipinski definition) is 4. The minimum absolute atomic E-state index is 0.355. The zero-order valence-electron chi connectivity index (χ0n) is 13.2. The number of anilines is 2. The molecule has 24 heavy (non-hydrogen) atoms. The molecule has 2 heterocycles. The van der Waals surface area contributed by atoms with Crippen LogP contribution >= 0.6 is 0 Å². The van der Waals surface area contributed by atoms with Gasteiger partial charge >= 0.3 is 6.03 Å². The number of carbonyl (C=O) groups is 1. The summed E-state index contributed by atoms with van der Waals surface area (Å²) in [5.41, 5.74) is 1.83. The van der Waals surface area contributed by atoms with Crippen LogP contribution < -0.4 is 15.5 Å². The monoisotopic (exact) mass is 330 g/mol. The molecule has 1 aliphatic rings. The van der Waals surface area contributed by atoms with Crippen molar-refractivity contribution in [3.05, 3.63) is 54.1 Å². The summed E-state index contributed by atoms with van der Waals surface area (Å²) in [4.78, 5) is 17.8. The van der Waals surface area contributed by atoms with Crippen LogP contribution in [0.2, 0.25) is 0 Å². The van der Waals surface area contributed by atoms with Crippen LogP contribution in [0.4, 0.5) is 20.6 Å². The van der Waals surface area contributed by atoms with Crippen molar-refractivity contribution in [2.75, 3.05) is 36.5 Å². The predicted octanol–water partition coefficient (Wildman–Crippen LogP) is 2.38. The Morgan fingerprint density at radius 2 is 2.12 bits per heavy atom. The SMILES string of the molecule is O=C(NCc1cccnc1)Nc1ccc(N2CCOCC2)c(F)c1. The van der Waals surface area contributed by atoms with Crippen molar-refractivity contribution in [1.82, 2.24) is 10.3 Å². The van der Waals surface area contributed by atoms with E-state index in [2.05, 4.69) is 15.6 Å². The lowest BCUT2D eigenvalue weighted by molar-refractivity contribution is 0.122. The van der Waals surface area contributed by atoms with E-state index in [9.17, 15) is 9.18 Å². The number of urea groups is 1. The average molecular weight is 330 g/mol. The third kappa shape index (κ3) is 4.20. The second kappa shape index (κ2) is 7.74. The standard InChI is InChI=1S/C17H19FN4O2/c18-15-10-14(3-4-16(15)22-6-8-24-9-7-22)21-17(23)20-12-13-2-1-5-19-11-13/h1-5,10-11H,6-9,12H2,(H2,20,21,23). The maximum absolute atomic E-state index is 14.3. The number of nitrogens with one attached hydrogen (secondary N) is 2. The highest BCUT2D eigenvalue weighted by atomic mass is 19.1. The van der Waals surface area contributed by atoms with E-state index in [1.165, 1.54) is 6.07 Å². The summed E-state index contributed by atoms with van der Waals surface area (Å²) in [6.07, 6.45) is 3.35. The molecule has 0 spiro atoms. The number of hydrogen-bond donors (Lipinski definition) is 2. The highest BCUT2D eigenvalue weighted by molar-refractivity contribution is 5.89. The van der Waals surface area contributed by atoms with E-state index >= 15 is 0 Å². The van der Waals surface area contributed by atoms with Crippen LogP contribution in [0.25, 0.3) is 0 Å². The molecule has 0 atom stereocenters. The van der Waals surface area contributed by atoms with Crippen LogP contribution in [0.3, 0.4) is 0 Å². The highest BCUT2D eigenvalue weighted by Gasteiger charge is 2.15. The van der Waals surface area contributed by atoms with Gasteiger partial charge in [-0.2, -0.15) is 0 Å². The predicted molar refractivity (Wildman–Crippen MR) is 89.5 cm³/mol. The van der Waals surface area contributed by atoms with Crippen molar-refractivity contribution in [2.24, 2.45) is 0 Å². The Hall–Kier alpha value is -2.67. The van der Waals surface area contributed by atoms with Gasteiger partial charge in [-0.1, -0.05) is 6.07 Å². The number of halogens is 1. The molecule has 1 fully saturated rings. The van der Waals surface area contributed by atoms with Crippen LogP contribution in [0.15, 0.2) is 42.7 Å². The lowest BCUT2D eigenvalue weighted by Crippen LogP contribution is -2.36. The number of rotatable bonds is 4. The Bertz CT molecular complexity index is 690. The molecule has 2 aromatic rings. The molecule has 0 bridgehead atoms. The first kappa shape index (κ1) is 16.2. The molecule has 0 aliphatic carbocycles. The van der Waals surface area contributed by atoms with Crippen LogP contribution in [0.5, 0.6) is 0 Å². The fraction of sp³-hybridized carbons (Fsp3) is 0.294. The fourth-order valence-corrected chi connectivity index (χ4v) is 2.51. The van der Waals surface area contributed by atoms with Gasteiger partial charge in [0.1, 0.15) is 5.82 Å². The van der Waals surface area contributed by atoms with Gasteiger partial charge in [0, 0.05) is 37.7 Å². The van der Waals surface area contributed by atoms with E-state index in [0.717, 1.165) is 5.56 Å². The topological polar surface area (TPSA) is 66.5 Å². The third-order valence-corrected chi connectivity index (χ3v) is 3.73. The first-order chi connectivity index (χ1) is 11.7. The van der Waals surface area contributed by atoms with Gasteiger partial charge in [-0.05, 0) is 29.8 Å². The lowest BCUT2D eigenvalue weighted by Gasteiger charge is -2.29. The number of aromatic nitrogens is 1. The van der Waals surface area contributed by atoms with Gasteiger partial charge in [0.2, 0.25) is 0 Å². The van der Waals surface area contributed by atoms with Gasteiger partial charge in [0.25, 0.3) is 0 Å². The van der Waals surface area contributed by atoms with Crippen molar-refractivity contribution >= 4 is 17.4 Å². The van der Waals surface area contributed by atoms with Gasteiger partial charge in [0.05, 0.1) is 18.9 Å². The molecule has 0 radical (unpaired) electrons. The summed E-state index contributed by atoms with van der Waals surface area (Å²) in [6.45, 7) is 2.87. The number of morpholine rings is 1. The summed E-state index contributed by atoms with van der Waals surface area (Å²) in [7, 11) is 0. The molecule has 126 valence electrons. The normalized spacial score (nSPS) is 14.3. The smallest absolute Gasteiger partial charge is 0.319 e. The van der Waals surface area contributed by atoms with Gasteiger partial charge in [-0.25, -0.2) is 9.18 Å². The highest BCUT2D eigenvalue weighted by Crippen LogP contribution is 2.23. The lowest BCUT2D eigenvalue weighted by atomic mass is 10.2. The van der Waals surface area contributed by atoms with Crippen LogP contribution in [-0.4, -0.2) is 37.3 Å². The molecule has 0 unspecified atom stereocenters. The van der Waals surface area contributed by atoms with E-state index in [0.29, 0.717) is 44.2 Å². The molecule has 1 saturated heterocycles. The van der Waals surface area contributed by atoms with E-state index in [1.54, 1.807) is 30.6 Å². The number of amides is 2. The second-order valence-corrected chi connectivity index (χ2v) is 5.43. The first-order valence-corrected chi connectivity index (χ1v) is 7.78. The minimum Gasteiger partial charge on any atom is -0.378 e. The van der Waals surface area contributed by atoms with Crippen molar-refractivity contribution in [3.63, 3.8) is 0 Å². The molecule has 2 N–H and O–H groups in total. The molecular weight excluding hydrogens is 311 g/mol. The molecular formula is C17H19FN4O2. The summed E-state index contributed by atoms with van der Waals surface area (Å²) in [6, 6.07) is 7.97. The van der Waals surface area contributed by atoms with Crippen LogP contribution in [-0.2, 0) is 11.3 Å². The minimum atomic E-state index is -0.391. The van der Waals surface area contributed by atoms with E-state index in [4.69, 9.17) is 4.74 Å². The van der Waals surface area contributed by atoms with Crippen molar-refractivity contribution in [2.45, 2.75) is 6.54 Å². The van der Waals surface area contributed by atoms with E-state index in [1.807, 2.05) is 11.0 Å². The van der Waals surface area contributed by atoms with Crippen LogP contribution in [0, 0.1) is 5.82 Å². The summed E-state index contributed by atoms with van der Waals surface area (Å²) in [5.74, 6) is -0.359. The second-order valence-electron chi connectivity index (χ2n) is 5.43. The molecule has 2 amide bonds. The molecule has 7 heteroatoms. The zero-order chi connectivity index (χ0) is 16.8. The van der Waals surface area contributed by atoms with Crippen molar-refractivity contribution < 1.29 is 13.9 Å². The number of nitrogens with zero attached hydrogens (tertiary/aromatic N) is 2. The number of carbonyl (C=O) groups excluding carboxylic acids is 1. The van der Waals surface area contributed by atoms with Gasteiger partial charge in [0.15, 0.2) is 0 Å². The van der Waals surface area contributed by atoms with Crippen LogP contribution in [0.1, 0.15) is 5.56 Å². The number of ether oxygens (including phenoxy) is 1.